The monoisotopic (exact) mass is 714 g/mol. The predicted molar refractivity (Wildman–Crippen MR) is 162 cm³/mol. The fraction of sp³-hybridized carbons (Fsp3) is 0.758. The van der Waals surface area contributed by atoms with Crippen LogP contribution in [0.3, 0.4) is 0 Å². The molecule has 0 spiro atoms. The number of carbonyl (C=O) groups is 2. The lowest BCUT2D eigenvalue weighted by molar-refractivity contribution is -0.332. The topological polar surface area (TPSA) is 264 Å². The largest absolute Gasteiger partial charge is 0.472 e. The number of rotatable bonds is 8. The number of hydrogen-bond acceptors (Lipinski definition) is 17. The Morgan fingerprint density at radius 2 is 1.48 bits per heavy atom. The van der Waals surface area contributed by atoms with Gasteiger partial charge in [0.1, 0.15) is 54.9 Å². The van der Waals surface area contributed by atoms with Crippen LogP contribution >= 0.6 is 0 Å². The first kappa shape index (κ1) is 37.2. The van der Waals surface area contributed by atoms with E-state index in [2.05, 4.69) is 0 Å². The number of carbonyl (C=O) groups excluding carboxylic acids is 2. The molecule has 3 saturated heterocycles. The molecule has 17 heteroatoms. The maximum atomic E-state index is 13.9. The standard InChI is InChI=1S/C33H46O17/c1-32-9-17(13-4-5-45-12-13)47-29(43)15(32)8-21(50-31-27(41)25(39)23(37)19(11-35)49-31)33(2)16(28(42)44-3)6-14(7-20(32)33)46-30-26(40)24(38)22(36)18(10-34)48-30/h4-6,12,14-15,17-27,30-31,34-41H,7-11H2,1-3H3. The molecular weight excluding hydrogens is 668 g/mol. The quantitative estimate of drug-likeness (QED) is 0.133. The van der Waals surface area contributed by atoms with Gasteiger partial charge < -0.3 is 73.7 Å². The summed E-state index contributed by atoms with van der Waals surface area (Å²) in [5, 5.41) is 82.7. The van der Waals surface area contributed by atoms with Crippen LogP contribution in [-0.4, -0.2) is 147 Å². The fourth-order valence-electron chi connectivity index (χ4n) is 8.76. The van der Waals surface area contributed by atoms with Crippen molar-refractivity contribution >= 4 is 11.9 Å². The third-order valence-electron chi connectivity index (χ3n) is 11.6. The Labute approximate surface area is 286 Å². The number of cyclic esters (lactones) is 1. The second-order valence-electron chi connectivity index (χ2n) is 14.3. The van der Waals surface area contributed by atoms with Gasteiger partial charge in [0, 0.05) is 16.6 Å². The summed E-state index contributed by atoms with van der Waals surface area (Å²) >= 11 is 0. The van der Waals surface area contributed by atoms with E-state index in [0.29, 0.717) is 5.56 Å². The minimum absolute atomic E-state index is 0.0397. The molecule has 4 fully saturated rings. The number of furan rings is 1. The lowest BCUT2D eigenvalue weighted by Gasteiger charge is -2.63. The van der Waals surface area contributed by atoms with Crippen LogP contribution in [0.25, 0.3) is 0 Å². The van der Waals surface area contributed by atoms with Crippen molar-refractivity contribution in [3.05, 3.63) is 35.8 Å². The summed E-state index contributed by atoms with van der Waals surface area (Å²) in [4.78, 5) is 27.6. The lowest BCUT2D eigenvalue weighted by atomic mass is 9.44. The summed E-state index contributed by atoms with van der Waals surface area (Å²) in [5.41, 5.74) is -1.58. The predicted octanol–water partition coefficient (Wildman–Crippen LogP) is -2.21. The van der Waals surface area contributed by atoms with Crippen molar-refractivity contribution in [3.8, 4) is 0 Å². The molecule has 5 aliphatic rings. The zero-order chi connectivity index (χ0) is 36.3. The van der Waals surface area contributed by atoms with Crippen LogP contribution in [0.2, 0.25) is 0 Å². The van der Waals surface area contributed by atoms with Crippen LogP contribution in [-0.2, 0) is 38.0 Å². The Kier molecular flexibility index (Phi) is 10.5. The number of methoxy groups -OCH3 is 1. The van der Waals surface area contributed by atoms with Crippen molar-refractivity contribution in [3.63, 3.8) is 0 Å². The van der Waals surface area contributed by atoms with Gasteiger partial charge in [-0.3, -0.25) is 4.79 Å². The molecule has 280 valence electrons. The lowest BCUT2D eigenvalue weighted by Crippen LogP contribution is -2.66. The molecule has 17 nitrogen and oxygen atoms in total. The van der Waals surface area contributed by atoms with Crippen LogP contribution in [0.15, 0.2) is 34.7 Å². The molecule has 0 radical (unpaired) electrons. The average molecular weight is 715 g/mol. The summed E-state index contributed by atoms with van der Waals surface area (Å²) < 4.78 is 40.2. The highest BCUT2D eigenvalue weighted by atomic mass is 16.7. The molecule has 3 aliphatic heterocycles. The fourth-order valence-corrected chi connectivity index (χ4v) is 8.76. The van der Waals surface area contributed by atoms with E-state index in [1.807, 2.05) is 6.92 Å². The molecule has 17 atom stereocenters. The van der Waals surface area contributed by atoms with Gasteiger partial charge in [-0.15, -0.1) is 0 Å². The minimum atomic E-state index is -1.77. The van der Waals surface area contributed by atoms with Crippen molar-refractivity contribution in [1.82, 2.24) is 0 Å². The molecule has 0 bridgehead atoms. The van der Waals surface area contributed by atoms with Crippen LogP contribution in [0.4, 0.5) is 0 Å². The first-order valence-electron chi connectivity index (χ1n) is 16.6. The highest BCUT2D eigenvalue weighted by Gasteiger charge is 2.67. The highest BCUT2D eigenvalue weighted by molar-refractivity contribution is 5.91. The second-order valence-corrected chi connectivity index (χ2v) is 14.3. The van der Waals surface area contributed by atoms with Gasteiger partial charge in [0.05, 0.1) is 51.0 Å². The molecule has 1 aromatic rings. The van der Waals surface area contributed by atoms with E-state index in [0.717, 1.165) is 0 Å². The molecule has 2 aliphatic carbocycles. The number of ether oxygens (including phenoxy) is 6. The first-order valence-corrected chi connectivity index (χ1v) is 16.6. The summed E-state index contributed by atoms with van der Waals surface area (Å²) in [7, 11) is 1.18. The van der Waals surface area contributed by atoms with Crippen LogP contribution in [0, 0.1) is 22.7 Å². The van der Waals surface area contributed by atoms with Gasteiger partial charge in [-0.05, 0) is 42.7 Å². The second kappa shape index (κ2) is 14.1. The van der Waals surface area contributed by atoms with Gasteiger partial charge in [-0.25, -0.2) is 4.79 Å². The smallest absolute Gasteiger partial charge is 0.334 e. The van der Waals surface area contributed by atoms with E-state index in [-0.39, 0.29) is 24.8 Å². The van der Waals surface area contributed by atoms with Gasteiger partial charge in [-0.1, -0.05) is 13.8 Å². The number of esters is 2. The maximum absolute atomic E-state index is 13.9. The van der Waals surface area contributed by atoms with Gasteiger partial charge in [-0.2, -0.15) is 0 Å². The van der Waals surface area contributed by atoms with Crippen molar-refractivity contribution in [2.45, 2.75) is 113 Å². The van der Waals surface area contributed by atoms with Crippen molar-refractivity contribution in [2.75, 3.05) is 20.3 Å². The van der Waals surface area contributed by atoms with Gasteiger partial charge in [0.15, 0.2) is 12.6 Å². The molecular formula is C33H46O17. The van der Waals surface area contributed by atoms with Crippen molar-refractivity contribution < 1.29 is 83.3 Å². The van der Waals surface area contributed by atoms with E-state index < -0.39 is 128 Å². The van der Waals surface area contributed by atoms with E-state index in [4.69, 9.17) is 32.8 Å². The molecule has 17 unspecified atom stereocenters. The van der Waals surface area contributed by atoms with E-state index >= 15 is 0 Å². The van der Waals surface area contributed by atoms with E-state index in [9.17, 15) is 50.4 Å². The zero-order valence-electron chi connectivity index (χ0n) is 27.8. The Balaban J connectivity index is 1.42. The molecule has 1 aromatic heterocycles. The van der Waals surface area contributed by atoms with Gasteiger partial charge in [0.2, 0.25) is 0 Å². The van der Waals surface area contributed by atoms with Crippen LogP contribution < -0.4 is 0 Å². The van der Waals surface area contributed by atoms with Gasteiger partial charge >= 0.3 is 11.9 Å². The summed E-state index contributed by atoms with van der Waals surface area (Å²) in [6, 6.07) is 1.68. The number of fused-ring (bicyclic) bond motifs is 3. The Hall–Kier alpha value is -2.52. The number of aliphatic hydroxyl groups is 8. The number of aliphatic hydroxyl groups excluding tert-OH is 8. The molecule has 4 heterocycles. The SMILES string of the molecule is COC(=O)C1=CC(OC2OC(CO)C(O)C(O)C2O)CC2C3(C)CC(c4ccoc4)OC(=O)C3CC(OC3OC(CO)C(O)C(O)C3O)C12C. The summed E-state index contributed by atoms with van der Waals surface area (Å²) in [6.45, 7) is 2.24. The molecule has 1 saturated carbocycles. The molecule has 6 rings (SSSR count). The average Bonchev–Trinajstić information content (AvgIpc) is 3.64. The maximum Gasteiger partial charge on any atom is 0.334 e. The third kappa shape index (κ3) is 6.10. The first-order chi connectivity index (χ1) is 23.7. The van der Waals surface area contributed by atoms with E-state index in [1.165, 1.54) is 25.7 Å². The summed E-state index contributed by atoms with van der Waals surface area (Å²) in [5.74, 6) is -2.87. The third-order valence-corrected chi connectivity index (χ3v) is 11.6. The molecule has 50 heavy (non-hydrogen) atoms. The normalized spacial score (nSPS) is 47.8. The number of hydrogen-bond donors (Lipinski definition) is 8. The highest BCUT2D eigenvalue weighted by Crippen LogP contribution is 2.66. The molecule has 0 amide bonds. The van der Waals surface area contributed by atoms with Crippen molar-refractivity contribution in [1.29, 1.82) is 0 Å². The Morgan fingerprint density at radius 3 is 2.02 bits per heavy atom. The molecule has 0 aromatic carbocycles. The van der Waals surface area contributed by atoms with E-state index in [1.54, 1.807) is 13.0 Å². The van der Waals surface area contributed by atoms with Gasteiger partial charge in [0.25, 0.3) is 0 Å². The molecule has 8 N–H and O–H groups in total. The summed E-state index contributed by atoms with van der Waals surface area (Å²) in [6.07, 6.45) is -14.1. The van der Waals surface area contributed by atoms with Crippen LogP contribution in [0.5, 0.6) is 0 Å². The van der Waals surface area contributed by atoms with Crippen LogP contribution in [0.1, 0.15) is 44.8 Å². The Morgan fingerprint density at radius 1 is 0.880 bits per heavy atom. The Bertz CT molecular complexity index is 1400. The minimum Gasteiger partial charge on any atom is -0.472 e. The van der Waals surface area contributed by atoms with Crippen molar-refractivity contribution in [2.24, 2.45) is 22.7 Å². The zero-order valence-corrected chi connectivity index (χ0v) is 27.8.